The molecular weight excluding hydrogens is 380 g/mol. The van der Waals surface area contributed by atoms with E-state index in [-0.39, 0.29) is 24.3 Å². The molecule has 7 nitrogen and oxygen atoms in total. The zero-order chi connectivity index (χ0) is 21.0. The minimum atomic E-state index is -0.432. The molecule has 0 spiro atoms. The SMILES string of the molecule is O=C(C=Cc1ccccc1)N1C[C@@H]2CN(C(=O)CCc3cnccn3)C[C@]2(CO)C1. The smallest absolute Gasteiger partial charge is 0.246 e. The fraction of sp³-hybridized carbons (Fsp3) is 0.391. The molecule has 7 heteroatoms. The van der Waals surface area contributed by atoms with Gasteiger partial charge in [-0.3, -0.25) is 19.6 Å². The molecular formula is C23H26N4O3. The second-order valence-electron chi connectivity index (χ2n) is 8.15. The van der Waals surface area contributed by atoms with Gasteiger partial charge in [-0.15, -0.1) is 0 Å². The van der Waals surface area contributed by atoms with Gasteiger partial charge in [0.25, 0.3) is 0 Å². The second kappa shape index (κ2) is 8.75. The number of aryl methyl sites for hydroxylation is 1. The third kappa shape index (κ3) is 4.26. The fourth-order valence-corrected chi connectivity index (χ4v) is 4.45. The molecule has 30 heavy (non-hydrogen) atoms. The first-order chi connectivity index (χ1) is 14.6. The molecule has 2 fully saturated rings. The van der Waals surface area contributed by atoms with Crippen LogP contribution in [0, 0.1) is 11.3 Å². The van der Waals surface area contributed by atoms with Gasteiger partial charge in [0.1, 0.15) is 0 Å². The van der Waals surface area contributed by atoms with Gasteiger partial charge >= 0.3 is 0 Å². The first kappa shape index (κ1) is 20.2. The maximum atomic E-state index is 12.7. The van der Waals surface area contributed by atoms with Crippen molar-refractivity contribution in [2.45, 2.75) is 12.8 Å². The van der Waals surface area contributed by atoms with Crippen molar-refractivity contribution in [3.63, 3.8) is 0 Å². The average molecular weight is 406 g/mol. The van der Waals surface area contributed by atoms with Crippen LogP contribution >= 0.6 is 0 Å². The highest BCUT2D eigenvalue weighted by atomic mass is 16.3. The molecule has 0 unspecified atom stereocenters. The third-order valence-electron chi connectivity index (χ3n) is 6.17. The molecule has 4 rings (SSSR count). The van der Waals surface area contributed by atoms with Crippen molar-refractivity contribution >= 4 is 17.9 Å². The molecule has 1 aromatic carbocycles. The van der Waals surface area contributed by atoms with Gasteiger partial charge in [-0.25, -0.2) is 0 Å². The van der Waals surface area contributed by atoms with Crippen molar-refractivity contribution in [3.8, 4) is 0 Å². The van der Waals surface area contributed by atoms with Crippen molar-refractivity contribution in [2.24, 2.45) is 11.3 Å². The quantitative estimate of drug-likeness (QED) is 0.733. The van der Waals surface area contributed by atoms with Crippen molar-refractivity contribution < 1.29 is 14.7 Å². The van der Waals surface area contributed by atoms with Gasteiger partial charge in [0.05, 0.1) is 12.3 Å². The van der Waals surface area contributed by atoms with Crippen molar-refractivity contribution in [1.82, 2.24) is 19.8 Å². The highest BCUT2D eigenvalue weighted by molar-refractivity contribution is 5.92. The summed E-state index contributed by atoms with van der Waals surface area (Å²) in [6, 6.07) is 9.69. The molecule has 2 aromatic rings. The monoisotopic (exact) mass is 406 g/mol. The Balaban J connectivity index is 1.34. The summed E-state index contributed by atoms with van der Waals surface area (Å²) >= 11 is 0. The number of nitrogens with zero attached hydrogens (tertiary/aromatic N) is 4. The Bertz CT molecular complexity index is 919. The summed E-state index contributed by atoms with van der Waals surface area (Å²) in [5.41, 5.74) is 1.34. The summed E-state index contributed by atoms with van der Waals surface area (Å²) in [4.78, 5) is 37.2. The van der Waals surface area contributed by atoms with Crippen LogP contribution in [0.1, 0.15) is 17.7 Å². The molecule has 2 aliphatic rings. The standard InChI is InChI=1S/C23H26N4O3/c28-17-23-15-26(21(29)8-6-18-4-2-1-3-5-18)13-19(23)14-27(16-23)22(30)9-7-20-12-24-10-11-25-20/h1-6,8,10-12,19,28H,7,9,13-17H2/t19-,23+/m1/s1. The minimum Gasteiger partial charge on any atom is -0.396 e. The van der Waals surface area contributed by atoms with E-state index in [1.165, 1.54) is 0 Å². The predicted molar refractivity (Wildman–Crippen MR) is 112 cm³/mol. The van der Waals surface area contributed by atoms with Crippen molar-refractivity contribution in [3.05, 3.63) is 66.3 Å². The topological polar surface area (TPSA) is 86.6 Å². The summed E-state index contributed by atoms with van der Waals surface area (Å²) in [5, 5.41) is 10.1. The van der Waals surface area contributed by atoms with Gasteiger partial charge < -0.3 is 14.9 Å². The summed E-state index contributed by atoms with van der Waals surface area (Å²) in [6.07, 6.45) is 9.23. The van der Waals surface area contributed by atoms with Crippen molar-refractivity contribution in [1.29, 1.82) is 0 Å². The van der Waals surface area contributed by atoms with E-state index in [2.05, 4.69) is 9.97 Å². The number of benzene rings is 1. The lowest BCUT2D eigenvalue weighted by atomic mass is 9.82. The van der Waals surface area contributed by atoms with E-state index in [9.17, 15) is 14.7 Å². The Morgan fingerprint density at radius 3 is 2.60 bits per heavy atom. The van der Waals surface area contributed by atoms with E-state index >= 15 is 0 Å². The van der Waals surface area contributed by atoms with Crippen LogP contribution in [0.25, 0.3) is 6.08 Å². The Hall–Kier alpha value is -3.06. The highest BCUT2D eigenvalue weighted by Crippen LogP contribution is 2.42. The van der Waals surface area contributed by atoms with Crippen LogP contribution in [0.3, 0.4) is 0 Å². The number of rotatable bonds is 6. The number of fused-ring (bicyclic) bond motifs is 1. The zero-order valence-corrected chi connectivity index (χ0v) is 16.9. The van der Waals surface area contributed by atoms with E-state index in [0.29, 0.717) is 39.0 Å². The van der Waals surface area contributed by atoms with Gasteiger partial charge in [-0.2, -0.15) is 0 Å². The lowest BCUT2D eigenvalue weighted by Crippen LogP contribution is -2.40. The lowest BCUT2D eigenvalue weighted by molar-refractivity contribution is -0.131. The number of carbonyl (C=O) groups excluding carboxylic acids is 2. The Morgan fingerprint density at radius 1 is 1.13 bits per heavy atom. The van der Waals surface area contributed by atoms with Crippen LogP contribution in [0.15, 0.2) is 55.0 Å². The molecule has 0 radical (unpaired) electrons. The van der Waals surface area contributed by atoms with Crippen LogP contribution < -0.4 is 0 Å². The second-order valence-corrected chi connectivity index (χ2v) is 8.15. The number of aromatic nitrogens is 2. The van der Waals surface area contributed by atoms with Gasteiger partial charge in [0.15, 0.2) is 0 Å². The summed E-state index contributed by atoms with van der Waals surface area (Å²) < 4.78 is 0. The minimum absolute atomic E-state index is 0.0300. The number of hydrogen-bond acceptors (Lipinski definition) is 5. The van der Waals surface area contributed by atoms with Crippen LogP contribution in [0.5, 0.6) is 0 Å². The Labute approximate surface area is 176 Å². The zero-order valence-electron chi connectivity index (χ0n) is 16.9. The number of likely N-dealkylation sites (tertiary alicyclic amines) is 2. The van der Waals surface area contributed by atoms with Crippen LogP contribution in [0.4, 0.5) is 0 Å². The first-order valence-electron chi connectivity index (χ1n) is 10.3. The van der Waals surface area contributed by atoms with Gasteiger partial charge in [-0.1, -0.05) is 30.3 Å². The van der Waals surface area contributed by atoms with Crippen LogP contribution in [0.2, 0.25) is 0 Å². The molecule has 2 saturated heterocycles. The largest absolute Gasteiger partial charge is 0.396 e. The molecule has 2 amide bonds. The number of aliphatic hydroxyl groups excluding tert-OH is 1. The molecule has 156 valence electrons. The van der Waals surface area contributed by atoms with Crippen LogP contribution in [-0.2, 0) is 16.0 Å². The Morgan fingerprint density at radius 2 is 1.90 bits per heavy atom. The number of hydrogen-bond donors (Lipinski definition) is 1. The maximum absolute atomic E-state index is 12.7. The molecule has 1 N–H and O–H groups in total. The number of aliphatic hydroxyl groups is 1. The maximum Gasteiger partial charge on any atom is 0.246 e. The van der Waals surface area contributed by atoms with Gasteiger partial charge in [0, 0.05) is 68.6 Å². The Kier molecular flexibility index (Phi) is 5.90. The molecule has 0 bridgehead atoms. The summed E-state index contributed by atoms with van der Waals surface area (Å²) in [5.74, 6) is 0.100. The molecule has 3 heterocycles. The van der Waals surface area contributed by atoms with E-state index in [1.54, 1.807) is 29.6 Å². The molecule has 2 aliphatic heterocycles. The van der Waals surface area contributed by atoms with E-state index in [1.807, 2.05) is 41.3 Å². The first-order valence-corrected chi connectivity index (χ1v) is 10.3. The molecule has 1 aromatic heterocycles. The predicted octanol–water partition coefficient (Wildman–Crippen LogP) is 1.40. The molecule has 0 aliphatic carbocycles. The van der Waals surface area contributed by atoms with E-state index < -0.39 is 5.41 Å². The van der Waals surface area contributed by atoms with E-state index in [0.717, 1.165) is 11.3 Å². The van der Waals surface area contributed by atoms with Crippen LogP contribution in [-0.4, -0.2) is 69.5 Å². The fourth-order valence-electron chi connectivity index (χ4n) is 4.45. The molecule has 2 atom stereocenters. The van der Waals surface area contributed by atoms with Gasteiger partial charge in [-0.05, 0) is 18.1 Å². The van der Waals surface area contributed by atoms with Gasteiger partial charge in [0.2, 0.25) is 11.8 Å². The summed E-state index contributed by atoms with van der Waals surface area (Å²) in [6.45, 7) is 2.07. The number of carbonyl (C=O) groups is 2. The van der Waals surface area contributed by atoms with Crippen molar-refractivity contribution in [2.75, 3.05) is 32.8 Å². The normalized spacial score (nSPS) is 23.2. The van der Waals surface area contributed by atoms with E-state index in [4.69, 9.17) is 0 Å². The number of amides is 2. The highest BCUT2D eigenvalue weighted by Gasteiger charge is 2.53. The lowest BCUT2D eigenvalue weighted by Gasteiger charge is -2.27. The molecule has 0 saturated carbocycles. The third-order valence-corrected chi connectivity index (χ3v) is 6.17. The summed E-state index contributed by atoms with van der Waals surface area (Å²) in [7, 11) is 0. The average Bonchev–Trinajstić information content (AvgIpc) is 3.32.